The normalized spacial score (nSPS) is 11.9. The molecule has 0 bridgehead atoms. The lowest BCUT2D eigenvalue weighted by molar-refractivity contribution is -0.384. The highest BCUT2D eigenvalue weighted by atomic mass is 16.6. The Hall–Kier alpha value is -1.95. The Morgan fingerprint density at radius 1 is 1.56 bits per heavy atom. The molecule has 0 aliphatic carbocycles. The summed E-state index contributed by atoms with van der Waals surface area (Å²) in [7, 11) is 0. The van der Waals surface area contributed by atoms with Crippen molar-refractivity contribution in [3.8, 4) is 0 Å². The van der Waals surface area contributed by atoms with E-state index in [0.717, 1.165) is 5.56 Å². The fourth-order valence-corrected chi connectivity index (χ4v) is 1.48. The molecule has 0 spiro atoms. The number of aryl methyl sites for hydroxylation is 1. The second kappa shape index (κ2) is 6.70. The van der Waals surface area contributed by atoms with Crippen molar-refractivity contribution in [2.24, 2.45) is 0 Å². The van der Waals surface area contributed by atoms with Crippen molar-refractivity contribution in [1.29, 1.82) is 0 Å². The van der Waals surface area contributed by atoms with Crippen molar-refractivity contribution in [1.82, 2.24) is 5.32 Å². The number of carbonyl (C=O) groups excluding carboxylic acids is 1. The van der Waals surface area contributed by atoms with Crippen molar-refractivity contribution in [3.63, 3.8) is 0 Å². The van der Waals surface area contributed by atoms with Gasteiger partial charge in [0.1, 0.15) is 0 Å². The van der Waals surface area contributed by atoms with E-state index in [-0.39, 0.29) is 30.7 Å². The van der Waals surface area contributed by atoms with Crippen molar-refractivity contribution in [2.45, 2.75) is 25.8 Å². The highest BCUT2D eigenvalue weighted by molar-refractivity contribution is 5.76. The number of nitrogens with one attached hydrogen (secondary N) is 1. The fraction of sp³-hybridized carbons (Fsp3) is 0.417. The van der Waals surface area contributed by atoms with Gasteiger partial charge in [-0.05, 0) is 18.9 Å². The predicted octanol–water partition coefficient (Wildman–Crippen LogP) is 1.02. The van der Waals surface area contributed by atoms with Crippen molar-refractivity contribution < 1.29 is 14.8 Å². The summed E-state index contributed by atoms with van der Waals surface area (Å²) in [6, 6.07) is 5.94. The molecule has 0 fully saturated rings. The van der Waals surface area contributed by atoms with E-state index in [2.05, 4.69) is 5.32 Å². The summed E-state index contributed by atoms with van der Waals surface area (Å²) in [6.07, 6.45) is 0.678. The van der Waals surface area contributed by atoms with Gasteiger partial charge in [0.25, 0.3) is 5.69 Å². The van der Waals surface area contributed by atoms with Crippen LogP contribution in [0.4, 0.5) is 5.69 Å². The molecular formula is C12H16N2O4. The predicted molar refractivity (Wildman–Crippen MR) is 66.1 cm³/mol. The van der Waals surface area contributed by atoms with Crippen LogP contribution in [0, 0.1) is 10.1 Å². The van der Waals surface area contributed by atoms with E-state index in [9.17, 15) is 14.9 Å². The maximum Gasteiger partial charge on any atom is 0.269 e. The highest BCUT2D eigenvalue weighted by Gasteiger charge is 2.09. The molecule has 0 heterocycles. The Morgan fingerprint density at radius 3 is 2.89 bits per heavy atom. The molecule has 6 heteroatoms. The van der Waals surface area contributed by atoms with E-state index < -0.39 is 4.92 Å². The molecule has 1 atom stereocenters. The largest absolute Gasteiger partial charge is 0.394 e. The average Bonchev–Trinajstić information content (AvgIpc) is 2.36. The minimum absolute atomic E-state index is 0.0247. The molecule has 0 saturated heterocycles. The zero-order valence-electron chi connectivity index (χ0n) is 10.1. The van der Waals surface area contributed by atoms with Crippen LogP contribution in [0.25, 0.3) is 0 Å². The Bertz CT molecular complexity index is 434. The van der Waals surface area contributed by atoms with E-state index in [1.54, 1.807) is 19.1 Å². The second-order valence-electron chi connectivity index (χ2n) is 4.08. The van der Waals surface area contributed by atoms with E-state index in [4.69, 9.17) is 5.11 Å². The van der Waals surface area contributed by atoms with Gasteiger partial charge in [-0.15, -0.1) is 0 Å². The first-order valence-electron chi connectivity index (χ1n) is 5.66. The molecule has 2 N–H and O–H groups in total. The van der Waals surface area contributed by atoms with Gasteiger partial charge in [-0.25, -0.2) is 0 Å². The number of non-ortho nitro benzene ring substituents is 1. The van der Waals surface area contributed by atoms with Gasteiger partial charge >= 0.3 is 0 Å². The first-order chi connectivity index (χ1) is 8.52. The van der Waals surface area contributed by atoms with Gasteiger partial charge in [0.05, 0.1) is 11.5 Å². The lowest BCUT2D eigenvalue weighted by atomic mass is 10.1. The SMILES string of the molecule is CC(CO)NC(=O)CCc1cccc([N+](=O)[O-])c1. The topological polar surface area (TPSA) is 92.5 Å². The lowest BCUT2D eigenvalue weighted by Crippen LogP contribution is -2.35. The Kier molecular flexibility index (Phi) is 5.26. The molecule has 0 aromatic heterocycles. The second-order valence-corrected chi connectivity index (χ2v) is 4.08. The molecule has 1 aromatic carbocycles. The van der Waals surface area contributed by atoms with Gasteiger partial charge in [-0.1, -0.05) is 12.1 Å². The van der Waals surface area contributed by atoms with Crippen LogP contribution in [0.15, 0.2) is 24.3 Å². The number of aliphatic hydroxyl groups excluding tert-OH is 1. The molecule has 0 saturated carbocycles. The number of aliphatic hydroxyl groups is 1. The molecule has 1 rings (SSSR count). The number of hydrogen-bond acceptors (Lipinski definition) is 4. The first kappa shape index (κ1) is 14.1. The molecule has 1 aromatic rings. The molecular weight excluding hydrogens is 236 g/mol. The van der Waals surface area contributed by atoms with E-state index in [1.165, 1.54) is 12.1 Å². The number of amides is 1. The third-order valence-electron chi connectivity index (χ3n) is 2.44. The molecule has 18 heavy (non-hydrogen) atoms. The number of rotatable bonds is 6. The summed E-state index contributed by atoms with van der Waals surface area (Å²) in [5.41, 5.74) is 0.771. The zero-order valence-corrected chi connectivity index (χ0v) is 10.1. The van der Waals surface area contributed by atoms with Crippen molar-refractivity contribution in [3.05, 3.63) is 39.9 Å². The summed E-state index contributed by atoms with van der Waals surface area (Å²) >= 11 is 0. The smallest absolute Gasteiger partial charge is 0.269 e. The minimum atomic E-state index is -0.461. The van der Waals surface area contributed by atoms with Gasteiger partial charge in [0.2, 0.25) is 5.91 Å². The zero-order chi connectivity index (χ0) is 13.5. The summed E-state index contributed by atoms with van der Waals surface area (Å²) in [5, 5.41) is 22.0. The third kappa shape index (κ3) is 4.50. The van der Waals surface area contributed by atoms with Gasteiger partial charge < -0.3 is 10.4 Å². The monoisotopic (exact) mass is 252 g/mol. The summed E-state index contributed by atoms with van der Waals surface area (Å²) in [5.74, 6) is -0.178. The molecule has 1 unspecified atom stereocenters. The number of benzene rings is 1. The summed E-state index contributed by atoms with van der Waals surface area (Å²) < 4.78 is 0. The van der Waals surface area contributed by atoms with E-state index in [0.29, 0.717) is 6.42 Å². The molecule has 1 amide bonds. The van der Waals surface area contributed by atoms with Gasteiger partial charge in [0, 0.05) is 24.6 Å². The van der Waals surface area contributed by atoms with Crippen molar-refractivity contribution >= 4 is 11.6 Å². The van der Waals surface area contributed by atoms with Crippen LogP contribution in [0.1, 0.15) is 18.9 Å². The molecule has 98 valence electrons. The minimum Gasteiger partial charge on any atom is -0.394 e. The van der Waals surface area contributed by atoms with E-state index >= 15 is 0 Å². The summed E-state index contributed by atoms with van der Waals surface area (Å²) in [6.45, 7) is 1.59. The molecule has 6 nitrogen and oxygen atoms in total. The van der Waals surface area contributed by atoms with Crippen LogP contribution in [-0.4, -0.2) is 28.6 Å². The summed E-state index contributed by atoms with van der Waals surface area (Å²) in [4.78, 5) is 21.6. The Balaban J connectivity index is 2.50. The van der Waals surface area contributed by atoms with Gasteiger partial charge in [-0.3, -0.25) is 14.9 Å². The maximum absolute atomic E-state index is 11.4. The number of nitrogens with zero attached hydrogens (tertiary/aromatic N) is 1. The number of carbonyl (C=O) groups is 1. The lowest BCUT2D eigenvalue weighted by Gasteiger charge is -2.10. The van der Waals surface area contributed by atoms with Crippen LogP contribution in [0.5, 0.6) is 0 Å². The molecule has 0 aliphatic heterocycles. The van der Waals surface area contributed by atoms with Crippen LogP contribution in [-0.2, 0) is 11.2 Å². The van der Waals surface area contributed by atoms with Crippen LogP contribution >= 0.6 is 0 Å². The third-order valence-corrected chi connectivity index (χ3v) is 2.44. The van der Waals surface area contributed by atoms with Crippen LogP contribution < -0.4 is 5.32 Å². The van der Waals surface area contributed by atoms with Crippen LogP contribution in [0.2, 0.25) is 0 Å². The van der Waals surface area contributed by atoms with E-state index in [1.807, 2.05) is 0 Å². The average molecular weight is 252 g/mol. The van der Waals surface area contributed by atoms with Crippen LogP contribution in [0.3, 0.4) is 0 Å². The standard InChI is InChI=1S/C12H16N2O4/c1-9(8-15)13-12(16)6-5-10-3-2-4-11(7-10)14(17)18/h2-4,7,9,15H,5-6,8H2,1H3,(H,13,16). The van der Waals surface area contributed by atoms with Crippen molar-refractivity contribution in [2.75, 3.05) is 6.61 Å². The highest BCUT2D eigenvalue weighted by Crippen LogP contribution is 2.14. The molecule has 0 aliphatic rings. The number of nitro groups is 1. The maximum atomic E-state index is 11.4. The number of hydrogen-bond donors (Lipinski definition) is 2. The Morgan fingerprint density at radius 2 is 2.28 bits per heavy atom. The van der Waals surface area contributed by atoms with Gasteiger partial charge in [-0.2, -0.15) is 0 Å². The fourth-order valence-electron chi connectivity index (χ4n) is 1.48. The van der Waals surface area contributed by atoms with Gasteiger partial charge in [0.15, 0.2) is 0 Å². The quantitative estimate of drug-likeness (QED) is 0.584. The Labute approximate surface area is 105 Å². The number of nitro benzene ring substituents is 1. The molecule has 0 radical (unpaired) electrons. The first-order valence-corrected chi connectivity index (χ1v) is 5.66.